The molecule has 3 rings (SSSR count). The predicted molar refractivity (Wildman–Crippen MR) is 112 cm³/mol. The van der Waals surface area contributed by atoms with Gasteiger partial charge in [-0.3, -0.25) is 14.7 Å². The smallest absolute Gasteiger partial charge is 0.269 e. The average Bonchev–Trinajstić information content (AvgIpc) is 3.17. The number of nitrogens with one attached hydrogen (secondary N) is 3. The molecule has 0 bridgehead atoms. The SMILES string of the molecule is CNC(=O)[C@H](Cc1cccc(Br)c1)NC(=O)c1cc(-c2cccc(Cl)c2)n[nH]1. The number of halogens is 2. The molecule has 3 aromatic rings. The molecule has 0 saturated heterocycles. The van der Waals surface area contributed by atoms with Gasteiger partial charge in [0, 0.05) is 28.5 Å². The Balaban J connectivity index is 1.76. The summed E-state index contributed by atoms with van der Waals surface area (Å²) in [5.41, 5.74) is 2.57. The molecule has 28 heavy (non-hydrogen) atoms. The molecule has 2 aromatic carbocycles. The van der Waals surface area contributed by atoms with Crippen molar-refractivity contribution in [1.82, 2.24) is 20.8 Å². The Morgan fingerprint density at radius 2 is 1.96 bits per heavy atom. The van der Waals surface area contributed by atoms with E-state index >= 15 is 0 Å². The highest BCUT2D eigenvalue weighted by Gasteiger charge is 2.22. The quantitative estimate of drug-likeness (QED) is 0.524. The third-order valence-electron chi connectivity index (χ3n) is 4.14. The summed E-state index contributed by atoms with van der Waals surface area (Å²) in [5.74, 6) is -0.688. The number of carbonyl (C=O) groups is 2. The Bertz CT molecular complexity index is 1010. The van der Waals surface area contributed by atoms with Crippen LogP contribution in [0.3, 0.4) is 0 Å². The maximum Gasteiger partial charge on any atom is 0.269 e. The Labute approximate surface area is 175 Å². The monoisotopic (exact) mass is 460 g/mol. The van der Waals surface area contributed by atoms with Gasteiger partial charge in [0.05, 0.1) is 5.69 Å². The molecule has 6 nitrogen and oxygen atoms in total. The first-order valence-electron chi connectivity index (χ1n) is 8.54. The van der Waals surface area contributed by atoms with Gasteiger partial charge in [-0.15, -0.1) is 0 Å². The van der Waals surface area contributed by atoms with Crippen molar-refractivity contribution in [2.45, 2.75) is 12.5 Å². The predicted octanol–water partition coefficient (Wildman–Crippen LogP) is 3.58. The molecule has 1 aromatic heterocycles. The van der Waals surface area contributed by atoms with E-state index < -0.39 is 11.9 Å². The minimum Gasteiger partial charge on any atom is -0.357 e. The van der Waals surface area contributed by atoms with E-state index in [0.717, 1.165) is 15.6 Å². The van der Waals surface area contributed by atoms with Gasteiger partial charge in [-0.25, -0.2) is 0 Å². The molecule has 3 N–H and O–H groups in total. The number of rotatable bonds is 6. The Morgan fingerprint density at radius 1 is 1.18 bits per heavy atom. The van der Waals surface area contributed by atoms with Gasteiger partial charge >= 0.3 is 0 Å². The highest BCUT2D eigenvalue weighted by atomic mass is 79.9. The van der Waals surface area contributed by atoms with E-state index in [1.54, 1.807) is 18.2 Å². The molecular weight excluding hydrogens is 444 g/mol. The van der Waals surface area contributed by atoms with E-state index in [-0.39, 0.29) is 11.6 Å². The first-order chi connectivity index (χ1) is 13.5. The van der Waals surface area contributed by atoms with Gasteiger partial charge in [-0.2, -0.15) is 5.10 Å². The number of nitrogens with zero attached hydrogens (tertiary/aromatic N) is 1. The molecule has 0 aliphatic heterocycles. The summed E-state index contributed by atoms with van der Waals surface area (Å²) in [7, 11) is 1.54. The van der Waals surface area contributed by atoms with Gasteiger partial charge in [0.15, 0.2) is 0 Å². The molecule has 0 spiro atoms. The maximum absolute atomic E-state index is 12.6. The van der Waals surface area contributed by atoms with Crippen molar-refractivity contribution < 1.29 is 9.59 Å². The molecule has 2 amide bonds. The van der Waals surface area contributed by atoms with Crippen LogP contribution in [0.4, 0.5) is 0 Å². The third kappa shape index (κ3) is 4.99. The average molecular weight is 462 g/mol. The van der Waals surface area contributed by atoms with Crippen molar-refractivity contribution in [2.24, 2.45) is 0 Å². The minimum absolute atomic E-state index is 0.262. The van der Waals surface area contributed by atoms with Crippen molar-refractivity contribution in [2.75, 3.05) is 7.05 Å². The van der Waals surface area contributed by atoms with Crippen LogP contribution in [0, 0.1) is 0 Å². The van der Waals surface area contributed by atoms with E-state index in [1.165, 1.54) is 7.05 Å². The van der Waals surface area contributed by atoms with Gasteiger partial charge in [-0.05, 0) is 35.9 Å². The number of H-pyrrole nitrogens is 1. The van der Waals surface area contributed by atoms with E-state index in [4.69, 9.17) is 11.6 Å². The summed E-state index contributed by atoms with van der Waals surface area (Å²) in [5, 5.41) is 12.8. The van der Waals surface area contributed by atoms with Crippen molar-refractivity contribution in [3.8, 4) is 11.3 Å². The van der Waals surface area contributed by atoms with E-state index in [2.05, 4.69) is 36.8 Å². The lowest BCUT2D eigenvalue weighted by molar-refractivity contribution is -0.122. The summed E-state index contributed by atoms with van der Waals surface area (Å²) in [6, 6.07) is 15.7. The van der Waals surface area contributed by atoms with E-state index in [1.807, 2.05) is 36.4 Å². The number of aromatic nitrogens is 2. The summed E-state index contributed by atoms with van der Waals surface area (Å²) in [6.45, 7) is 0. The molecule has 144 valence electrons. The largest absolute Gasteiger partial charge is 0.357 e. The molecule has 8 heteroatoms. The van der Waals surface area contributed by atoms with Gasteiger partial charge in [-0.1, -0.05) is 51.8 Å². The van der Waals surface area contributed by atoms with Crippen LogP contribution in [-0.4, -0.2) is 35.1 Å². The summed E-state index contributed by atoms with van der Waals surface area (Å²) < 4.78 is 0.909. The third-order valence-corrected chi connectivity index (χ3v) is 4.87. The molecule has 0 aliphatic rings. The van der Waals surface area contributed by atoms with Crippen LogP contribution >= 0.6 is 27.5 Å². The van der Waals surface area contributed by atoms with Crippen LogP contribution in [-0.2, 0) is 11.2 Å². The fourth-order valence-corrected chi connectivity index (χ4v) is 3.39. The molecule has 0 unspecified atom stereocenters. The fraction of sp³-hybridized carbons (Fsp3) is 0.150. The lowest BCUT2D eigenvalue weighted by atomic mass is 10.0. The second kappa shape index (κ2) is 9.03. The van der Waals surface area contributed by atoms with E-state index in [0.29, 0.717) is 17.1 Å². The Kier molecular flexibility index (Phi) is 6.49. The first kappa shape index (κ1) is 20.1. The number of hydrogen-bond acceptors (Lipinski definition) is 3. The summed E-state index contributed by atoms with van der Waals surface area (Å²) >= 11 is 9.42. The second-order valence-electron chi connectivity index (χ2n) is 6.15. The second-order valence-corrected chi connectivity index (χ2v) is 7.50. The van der Waals surface area contributed by atoms with E-state index in [9.17, 15) is 9.59 Å². The molecular formula is C20H18BrClN4O2. The summed E-state index contributed by atoms with van der Waals surface area (Å²) in [6.07, 6.45) is 0.361. The number of aromatic amines is 1. The summed E-state index contributed by atoms with van der Waals surface area (Å²) in [4.78, 5) is 24.9. The number of benzene rings is 2. The zero-order chi connectivity index (χ0) is 20.1. The van der Waals surface area contributed by atoms with Crippen molar-refractivity contribution >= 4 is 39.3 Å². The molecule has 0 aliphatic carbocycles. The number of carbonyl (C=O) groups excluding carboxylic acids is 2. The van der Waals surface area contributed by atoms with Crippen LogP contribution in [0.2, 0.25) is 5.02 Å². The van der Waals surface area contributed by atoms with Gasteiger partial charge < -0.3 is 10.6 Å². The number of hydrogen-bond donors (Lipinski definition) is 3. The number of likely N-dealkylation sites (N-methyl/N-ethyl adjacent to an activating group) is 1. The molecule has 1 atom stereocenters. The number of amides is 2. The Morgan fingerprint density at radius 3 is 2.68 bits per heavy atom. The van der Waals surface area contributed by atoms with Crippen LogP contribution in [0.1, 0.15) is 16.1 Å². The standard InChI is InChI=1S/C20H18BrClN4O2/c1-23-19(27)17(9-12-4-2-6-14(21)8-12)24-20(28)18-11-16(25-26-18)13-5-3-7-15(22)10-13/h2-8,10-11,17H,9H2,1H3,(H,23,27)(H,24,28)(H,25,26)/t17-/m0/s1. The molecule has 0 radical (unpaired) electrons. The van der Waals surface area contributed by atoms with Crippen molar-refractivity contribution in [3.05, 3.63) is 75.4 Å². The zero-order valence-corrected chi connectivity index (χ0v) is 17.3. The first-order valence-corrected chi connectivity index (χ1v) is 9.71. The molecule has 1 heterocycles. The maximum atomic E-state index is 12.6. The van der Waals surface area contributed by atoms with Crippen molar-refractivity contribution in [3.63, 3.8) is 0 Å². The van der Waals surface area contributed by atoms with Gasteiger partial charge in [0.25, 0.3) is 5.91 Å². The van der Waals surface area contributed by atoms with Gasteiger partial charge in [0.2, 0.25) is 5.91 Å². The topological polar surface area (TPSA) is 86.9 Å². The van der Waals surface area contributed by atoms with Crippen LogP contribution < -0.4 is 10.6 Å². The molecule has 0 fully saturated rings. The van der Waals surface area contributed by atoms with Crippen LogP contribution in [0.5, 0.6) is 0 Å². The van der Waals surface area contributed by atoms with Crippen LogP contribution in [0.15, 0.2) is 59.1 Å². The normalized spacial score (nSPS) is 11.7. The van der Waals surface area contributed by atoms with Gasteiger partial charge in [0.1, 0.15) is 11.7 Å². The van der Waals surface area contributed by atoms with Crippen molar-refractivity contribution in [1.29, 1.82) is 0 Å². The fourth-order valence-electron chi connectivity index (χ4n) is 2.75. The minimum atomic E-state index is -0.718. The molecule has 0 saturated carbocycles. The lowest BCUT2D eigenvalue weighted by Crippen LogP contribution is -2.47. The van der Waals surface area contributed by atoms with Crippen LogP contribution in [0.25, 0.3) is 11.3 Å². The zero-order valence-electron chi connectivity index (χ0n) is 15.0. The Hall–Kier alpha value is -2.64. The lowest BCUT2D eigenvalue weighted by Gasteiger charge is -2.17. The highest BCUT2D eigenvalue weighted by molar-refractivity contribution is 9.10. The highest BCUT2D eigenvalue weighted by Crippen LogP contribution is 2.21.